The Balaban J connectivity index is 1.48. The number of aliphatic hydroxyl groups is 1. The van der Waals surface area contributed by atoms with Gasteiger partial charge in [0.2, 0.25) is 0 Å². The van der Waals surface area contributed by atoms with Crippen molar-refractivity contribution in [3.63, 3.8) is 0 Å². The van der Waals surface area contributed by atoms with Crippen molar-refractivity contribution in [3.8, 4) is 0 Å². The van der Waals surface area contributed by atoms with Gasteiger partial charge in [0.25, 0.3) is 0 Å². The second-order valence-corrected chi connectivity index (χ2v) is 9.85. The van der Waals surface area contributed by atoms with Gasteiger partial charge in [0.1, 0.15) is 0 Å². The Kier molecular flexibility index (Phi) is 7.97. The van der Waals surface area contributed by atoms with Crippen LogP contribution in [0.5, 0.6) is 0 Å². The first-order valence-electron chi connectivity index (χ1n) is 13.1. The summed E-state index contributed by atoms with van der Waals surface area (Å²) in [5, 5.41) is 11.9. The Labute approximate surface area is 219 Å². The summed E-state index contributed by atoms with van der Waals surface area (Å²) in [7, 11) is 0. The van der Waals surface area contributed by atoms with Gasteiger partial charge in [0.15, 0.2) is 0 Å². The largest absolute Gasteiger partial charge is 0.389 e. The van der Waals surface area contributed by atoms with E-state index in [2.05, 4.69) is 24.3 Å². The van der Waals surface area contributed by atoms with Crippen LogP contribution in [-0.2, 0) is 25.9 Å². The molecule has 1 N–H and O–H groups in total. The number of rotatable bonds is 9. The molecule has 1 saturated heterocycles. The van der Waals surface area contributed by atoms with Gasteiger partial charge in [-0.2, -0.15) is 0 Å². The number of hydrogen-bond donors (Lipinski definition) is 1. The van der Waals surface area contributed by atoms with E-state index in [0.717, 1.165) is 23.1 Å². The second-order valence-electron chi connectivity index (χ2n) is 9.85. The molecule has 0 radical (unpaired) electrons. The molecule has 0 aromatic heterocycles. The van der Waals surface area contributed by atoms with Gasteiger partial charge >= 0.3 is 6.03 Å². The summed E-state index contributed by atoms with van der Waals surface area (Å²) < 4.78 is 0. The van der Waals surface area contributed by atoms with Crippen LogP contribution in [0.15, 0.2) is 121 Å². The number of amides is 2. The zero-order chi connectivity index (χ0) is 25.5. The van der Waals surface area contributed by atoms with Gasteiger partial charge in [-0.15, -0.1) is 0 Å². The number of carbonyl (C=O) groups excluding carboxylic acids is 1. The lowest BCUT2D eigenvalue weighted by atomic mass is 9.88. The lowest BCUT2D eigenvalue weighted by molar-refractivity contribution is -0.0453. The molecule has 0 unspecified atom stereocenters. The Morgan fingerprint density at radius 2 is 0.946 bits per heavy atom. The quantitative estimate of drug-likeness (QED) is 0.308. The summed E-state index contributed by atoms with van der Waals surface area (Å²) in [5.74, 6) is 0. The average molecular weight is 491 g/mol. The van der Waals surface area contributed by atoms with Gasteiger partial charge < -0.3 is 14.9 Å². The second kappa shape index (κ2) is 11.9. The van der Waals surface area contributed by atoms with E-state index in [9.17, 15) is 9.90 Å². The van der Waals surface area contributed by atoms with Gasteiger partial charge in [0, 0.05) is 13.1 Å². The molecule has 188 valence electrons. The smallest absolute Gasteiger partial charge is 0.321 e. The van der Waals surface area contributed by atoms with E-state index < -0.39 is 6.10 Å². The molecule has 5 rings (SSSR count). The van der Waals surface area contributed by atoms with E-state index in [1.807, 2.05) is 107 Å². The van der Waals surface area contributed by atoms with E-state index >= 15 is 0 Å². The van der Waals surface area contributed by atoms with Gasteiger partial charge in [0.05, 0.1) is 18.2 Å². The topological polar surface area (TPSA) is 43.8 Å². The molecular formula is C33H34N2O2. The maximum Gasteiger partial charge on any atom is 0.321 e. The van der Waals surface area contributed by atoms with Crippen LogP contribution in [0.25, 0.3) is 0 Å². The molecule has 0 saturated carbocycles. The van der Waals surface area contributed by atoms with Crippen molar-refractivity contribution in [2.75, 3.05) is 0 Å². The minimum Gasteiger partial charge on any atom is -0.389 e. The molecule has 4 nitrogen and oxygen atoms in total. The number of benzene rings is 4. The molecule has 37 heavy (non-hydrogen) atoms. The highest BCUT2D eigenvalue weighted by atomic mass is 16.3. The number of nitrogens with zero attached hydrogens (tertiary/aromatic N) is 2. The van der Waals surface area contributed by atoms with E-state index in [1.165, 1.54) is 5.56 Å². The van der Waals surface area contributed by atoms with Crippen LogP contribution >= 0.6 is 0 Å². The summed E-state index contributed by atoms with van der Waals surface area (Å²) >= 11 is 0. The molecule has 1 fully saturated rings. The van der Waals surface area contributed by atoms with Crippen LogP contribution in [0.2, 0.25) is 0 Å². The maximum atomic E-state index is 14.2. The molecule has 1 heterocycles. The first-order valence-corrected chi connectivity index (χ1v) is 13.1. The highest BCUT2D eigenvalue weighted by Crippen LogP contribution is 2.31. The van der Waals surface area contributed by atoms with Crippen molar-refractivity contribution < 1.29 is 9.90 Å². The Hall–Kier alpha value is -3.89. The number of aryl methyl sites for hydroxylation is 1. The zero-order valence-corrected chi connectivity index (χ0v) is 21.1. The van der Waals surface area contributed by atoms with Crippen LogP contribution in [0.1, 0.15) is 28.7 Å². The average Bonchev–Trinajstić information content (AvgIpc) is 2.95. The summed E-state index contributed by atoms with van der Waals surface area (Å²) in [4.78, 5) is 18.0. The third-order valence-corrected chi connectivity index (χ3v) is 7.33. The monoisotopic (exact) mass is 490 g/mol. The molecule has 2 amide bonds. The zero-order valence-electron chi connectivity index (χ0n) is 21.1. The molecule has 4 aromatic carbocycles. The van der Waals surface area contributed by atoms with Crippen molar-refractivity contribution in [2.45, 2.75) is 50.5 Å². The van der Waals surface area contributed by atoms with E-state index in [4.69, 9.17) is 0 Å². The first-order chi connectivity index (χ1) is 18.2. The van der Waals surface area contributed by atoms with Crippen molar-refractivity contribution in [3.05, 3.63) is 144 Å². The molecule has 3 atom stereocenters. The van der Waals surface area contributed by atoms with Crippen molar-refractivity contribution in [1.29, 1.82) is 0 Å². The lowest BCUT2D eigenvalue weighted by Crippen LogP contribution is -2.66. The summed E-state index contributed by atoms with van der Waals surface area (Å²) in [6.07, 6.45) is 1.43. The number of aliphatic hydroxyl groups excluding tert-OH is 1. The van der Waals surface area contributed by atoms with Crippen LogP contribution in [0, 0.1) is 0 Å². The third kappa shape index (κ3) is 6.10. The predicted octanol–water partition coefficient (Wildman–Crippen LogP) is 6.10. The standard InChI is InChI=1S/C33H34N2O2/c36-32-30(22-21-26-13-5-1-6-14-26)34(24-28-17-9-3-10-18-28)33(37)35(25-29-19-11-4-12-20-29)31(32)23-27-15-7-2-8-16-27/h1-20,30-32,36H,21-25H2/t30-,31-,32-/m0/s1. The van der Waals surface area contributed by atoms with E-state index in [-0.39, 0.29) is 18.1 Å². The van der Waals surface area contributed by atoms with Crippen molar-refractivity contribution >= 4 is 6.03 Å². The highest BCUT2D eigenvalue weighted by molar-refractivity contribution is 5.76. The molecule has 4 heteroatoms. The van der Waals surface area contributed by atoms with Gasteiger partial charge in [-0.1, -0.05) is 121 Å². The van der Waals surface area contributed by atoms with Crippen LogP contribution in [0.3, 0.4) is 0 Å². The molecule has 0 bridgehead atoms. The summed E-state index contributed by atoms with van der Waals surface area (Å²) in [6, 6.07) is 40.0. The SMILES string of the molecule is O=C1N(Cc2ccccc2)[C@@H](CCc2ccccc2)[C@H](O)[C@H](Cc2ccccc2)N1Cc1ccccc1. The van der Waals surface area contributed by atoms with Crippen LogP contribution < -0.4 is 0 Å². The highest BCUT2D eigenvalue weighted by Gasteiger charge is 2.45. The third-order valence-electron chi connectivity index (χ3n) is 7.33. The lowest BCUT2D eigenvalue weighted by Gasteiger charge is -2.49. The molecule has 0 aliphatic carbocycles. The number of urea groups is 1. The predicted molar refractivity (Wildman–Crippen MR) is 148 cm³/mol. The minimum atomic E-state index is -0.686. The molecule has 1 aliphatic rings. The maximum absolute atomic E-state index is 14.2. The summed E-state index contributed by atoms with van der Waals surface area (Å²) in [6.45, 7) is 0.935. The first kappa shape index (κ1) is 24.8. The van der Waals surface area contributed by atoms with Crippen molar-refractivity contribution in [1.82, 2.24) is 9.80 Å². The van der Waals surface area contributed by atoms with Gasteiger partial charge in [-0.3, -0.25) is 0 Å². The Bertz CT molecular complexity index is 1250. The van der Waals surface area contributed by atoms with E-state index in [1.54, 1.807) is 0 Å². The van der Waals surface area contributed by atoms with E-state index in [0.29, 0.717) is 25.9 Å². The molecule has 0 spiro atoms. The normalized spacial score (nSPS) is 19.7. The minimum absolute atomic E-state index is 0.0167. The van der Waals surface area contributed by atoms with Crippen LogP contribution in [0.4, 0.5) is 4.79 Å². The fourth-order valence-electron chi connectivity index (χ4n) is 5.38. The van der Waals surface area contributed by atoms with Crippen LogP contribution in [-0.4, -0.2) is 39.1 Å². The number of carbonyl (C=O) groups is 1. The fourth-order valence-corrected chi connectivity index (χ4v) is 5.38. The van der Waals surface area contributed by atoms with Crippen molar-refractivity contribution in [2.24, 2.45) is 0 Å². The van der Waals surface area contributed by atoms with Gasteiger partial charge in [-0.05, 0) is 41.5 Å². The molecule has 1 aliphatic heterocycles. The number of hydrogen-bond acceptors (Lipinski definition) is 2. The molecular weight excluding hydrogens is 456 g/mol. The summed E-state index contributed by atoms with van der Waals surface area (Å²) in [5.41, 5.74) is 4.46. The van der Waals surface area contributed by atoms with Gasteiger partial charge in [-0.25, -0.2) is 4.79 Å². The Morgan fingerprint density at radius 3 is 1.43 bits per heavy atom. The molecule has 4 aromatic rings. The Morgan fingerprint density at radius 1 is 0.541 bits per heavy atom. The fraction of sp³-hybridized carbons (Fsp3) is 0.242.